The Labute approximate surface area is 219 Å². The number of hydrogen-bond acceptors (Lipinski definition) is 6. The number of H-pyrrole nitrogens is 1. The van der Waals surface area contributed by atoms with Gasteiger partial charge in [0.15, 0.2) is 5.82 Å². The van der Waals surface area contributed by atoms with E-state index >= 15 is 0 Å². The van der Waals surface area contributed by atoms with Gasteiger partial charge < -0.3 is 25.4 Å². The second kappa shape index (κ2) is 10.9. The molecule has 0 bridgehead atoms. The van der Waals surface area contributed by atoms with Crippen molar-refractivity contribution in [2.24, 2.45) is 0 Å². The van der Waals surface area contributed by atoms with E-state index in [1.807, 2.05) is 59.5 Å². The predicted octanol–water partition coefficient (Wildman–Crippen LogP) is 3.79. The van der Waals surface area contributed by atoms with Gasteiger partial charge in [-0.1, -0.05) is 29.8 Å². The lowest BCUT2D eigenvalue weighted by molar-refractivity contribution is -0.118. The molecule has 0 spiro atoms. The van der Waals surface area contributed by atoms with Crippen LogP contribution in [0, 0.1) is 0 Å². The normalized spacial score (nSPS) is 13.6. The van der Waals surface area contributed by atoms with Crippen LogP contribution in [-0.4, -0.2) is 70.9 Å². The Kier molecular flexibility index (Phi) is 7.23. The van der Waals surface area contributed by atoms with Gasteiger partial charge >= 0.3 is 0 Å². The molecule has 4 aromatic rings. The smallest absolute Gasteiger partial charge is 0.256 e. The third kappa shape index (κ3) is 5.67. The monoisotopic (exact) mass is 517 g/mol. The molecule has 0 aliphatic carbocycles. The summed E-state index contributed by atoms with van der Waals surface area (Å²) >= 11 is 6.07. The number of carbonyl (C=O) groups excluding carboxylic acids is 2. The fourth-order valence-electron chi connectivity index (χ4n) is 4.40. The Morgan fingerprint density at radius 2 is 1.76 bits per heavy atom. The lowest BCUT2D eigenvalue weighted by atomic mass is 10.1. The number of para-hydroxylation sites is 1. The van der Waals surface area contributed by atoms with E-state index in [1.54, 1.807) is 6.20 Å². The number of benzene rings is 2. The van der Waals surface area contributed by atoms with Crippen LogP contribution in [0.2, 0.25) is 5.02 Å². The third-order valence-corrected chi connectivity index (χ3v) is 6.58. The van der Waals surface area contributed by atoms with Gasteiger partial charge in [0.05, 0.1) is 5.56 Å². The number of carbonyl (C=O) groups is 2. The number of aromatic amines is 1. The van der Waals surface area contributed by atoms with E-state index in [0.29, 0.717) is 61.5 Å². The maximum absolute atomic E-state index is 13.2. The van der Waals surface area contributed by atoms with Gasteiger partial charge in [0.1, 0.15) is 11.6 Å². The highest BCUT2D eigenvalue weighted by Gasteiger charge is 2.25. The highest BCUT2D eigenvalue weighted by atomic mass is 35.5. The maximum atomic E-state index is 13.2. The second-order valence-corrected chi connectivity index (χ2v) is 9.32. The first-order valence-electron chi connectivity index (χ1n) is 12.2. The number of hydrogen-bond donors (Lipinski definition) is 3. The quantitative estimate of drug-likeness (QED) is 0.322. The van der Waals surface area contributed by atoms with E-state index in [-0.39, 0.29) is 11.8 Å². The molecule has 1 aliphatic rings. The predicted molar refractivity (Wildman–Crippen MR) is 146 cm³/mol. The zero-order chi connectivity index (χ0) is 25.8. The molecule has 2 aromatic carbocycles. The van der Waals surface area contributed by atoms with Crippen molar-refractivity contribution in [3.8, 4) is 11.4 Å². The molecule has 37 heavy (non-hydrogen) atoms. The Bertz CT molecular complexity index is 1410. The summed E-state index contributed by atoms with van der Waals surface area (Å²) in [5, 5.41) is 7.63. The van der Waals surface area contributed by atoms with Gasteiger partial charge in [-0.3, -0.25) is 9.59 Å². The number of nitrogens with one attached hydrogen (secondary N) is 3. The van der Waals surface area contributed by atoms with Crippen molar-refractivity contribution >= 4 is 46.0 Å². The molecule has 2 aromatic heterocycles. The summed E-state index contributed by atoms with van der Waals surface area (Å²) < 4.78 is 0. The van der Waals surface area contributed by atoms with Gasteiger partial charge in [0.2, 0.25) is 5.91 Å². The van der Waals surface area contributed by atoms with Gasteiger partial charge in [0.25, 0.3) is 5.91 Å². The zero-order valence-corrected chi connectivity index (χ0v) is 21.3. The topological polar surface area (TPSA) is 106 Å². The second-order valence-electron chi connectivity index (χ2n) is 8.88. The summed E-state index contributed by atoms with van der Waals surface area (Å²) in [6.07, 6.45) is 1.79. The molecule has 1 aliphatic heterocycles. The standard InChI is InChI=1S/C27H28ClN7O2/c1-18(36)29-10-11-30-24-16-25(33-26(32-24)19-6-8-20(28)9-7-19)34-12-14-35(15-13-34)27(37)22-17-31-23-5-3-2-4-21(22)23/h2-9,16-17,31H,10-15H2,1H3,(H,29,36)(H,30,32,33). The van der Waals surface area contributed by atoms with E-state index in [0.717, 1.165) is 22.3 Å². The molecule has 10 heteroatoms. The Morgan fingerprint density at radius 1 is 1.00 bits per heavy atom. The van der Waals surface area contributed by atoms with Crippen molar-refractivity contribution < 1.29 is 9.59 Å². The Balaban J connectivity index is 1.32. The van der Waals surface area contributed by atoms with Crippen LogP contribution in [0.15, 0.2) is 60.8 Å². The molecule has 1 saturated heterocycles. The molecule has 190 valence electrons. The number of halogens is 1. The highest BCUT2D eigenvalue weighted by molar-refractivity contribution is 6.30. The fourth-order valence-corrected chi connectivity index (χ4v) is 4.53. The maximum Gasteiger partial charge on any atom is 0.256 e. The molecular formula is C27H28ClN7O2. The minimum absolute atomic E-state index is 0.0296. The Hall–Kier alpha value is -4.11. The molecule has 0 unspecified atom stereocenters. The molecule has 3 heterocycles. The van der Waals surface area contributed by atoms with Crippen molar-refractivity contribution in [3.05, 3.63) is 71.4 Å². The minimum atomic E-state index is -0.0768. The molecule has 0 radical (unpaired) electrons. The van der Waals surface area contributed by atoms with Crippen molar-refractivity contribution in [1.82, 2.24) is 25.2 Å². The van der Waals surface area contributed by atoms with E-state index < -0.39 is 0 Å². The summed E-state index contributed by atoms with van der Waals surface area (Å²) in [6.45, 7) is 4.98. The number of anilines is 2. The van der Waals surface area contributed by atoms with Gasteiger partial charge in [-0.05, 0) is 30.3 Å². The van der Waals surface area contributed by atoms with Gasteiger partial charge in [-0.2, -0.15) is 0 Å². The molecule has 2 amide bonds. The lowest BCUT2D eigenvalue weighted by Gasteiger charge is -2.35. The van der Waals surface area contributed by atoms with Gasteiger partial charge in [-0.25, -0.2) is 9.97 Å². The first-order chi connectivity index (χ1) is 18.0. The number of piperazine rings is 1. The van der Waals surface area contributed by atoms with Crippen molar-refractivity contribution in [1.29, 1.82) is 0 Å². The molecule has 0 saturated carbocycles. The van der Waals surface area contributed by atoms with Crippen LogP contribution in [0.4, 0.5) is 11.6 Å². The first kappa shape index (κ1) is 24.6. The van der Waals surface area contributed by atoms with E-state index in [2.05, 4.69) is 25.5 Å². The SMILES string of the molecule is CC(=O)NCCNc1cc(N2CCN(C(=O)c3c[nH]c4ccccc34)CC2)nc(-c2ccc(Cl)cc2)n1. The summed E-state index contributed by atoms with van der Waals surface area (Å²) in [5.41, 5.74) is 2.50. The fraction of sp³-hybridized carbons (Fsp3) is 0.259. The zero-order valence-electron chi connectivity index (χ0n) is 20.5. The number of fused-ring (bicyclic) bond motifs is 1. The molecule has 1 fully saturated rings. The molecule has 9 nitrogen and oxygen atoms in total. The van der Waals surface area contributed by atoms with E-state index in [1.165, 1.54) is 6.92 Å². The van der Waals surface area contributed by atoms with Crippen LogP contribution >= 0.6 is 11.6 Å². The van der Waals surface area contributed by atoms with Crippen LogP contribution in [0.5, 0.6) is 0 Å². The van der Waals surface area contributed by atoms with E-state index in [9.17, 15) is 9.59 Å². The number of aromatic nitrogens is 3. The minimum Gasteiger partial charge on any atom is -0.368 e. The molecule has 0 atom stereocenters. The van der Waals surface area contributed by atoms with Gasteiger partial charge in [-0.15, -0.1) is 0 Å². The van der Waals surface area contributed by atoms with Crippen LogP contribution in [0.25, 0.3) is 22.3 Å². The largest absolute Gasteiger partial charge is 0.368 e. The highest BCUT2D eigenvalue weighted by Crippen LogP contribution is 2.26. The number of amides is 2. The summed E-state index contributed by atoms with van der Waals surface area (Å²) in [7, 11) is 0. The lowest BCUT2D eigenvalue weighted by Crippen LogP contribution is -2.49. The average Bonchev–Trinajstić information content (AvgIpc) is 3.35. The number of nitrogens with zero attached hydrogens (tertiary/aromatic N) is 4. The van der Waals surface area contributed by atoms with E-state index in [4.69, 9.17) is 16.6 Å². The van der Waals surface area contributed by atoms with Crippen molar-refractivity contribution in [2.75, 3.05) is 49.5 Å². The van der Waals surface area contributed by atoms with Crippen LogP contribution < -0.4 is 15.5 Å². The third-order valence-electron chi connectivity index (χ3n) is 6.33. The Morgan fingerprint density at radius 3 is 2.51 bits per heavy atom. The van der Waals surface area contributed by atoms with Crippen LogP contribution in [0.3, 0.4) is 0 Å². The summed E-state index contributed by atoms with van der Waals surface area (Å²) in [4.78, 5) is 41.2. The summed E-state index contributed by atoms with van der Waals surface area (Å²) in [5.74, 6) is 1.97. The van der Waals surface area contributed by atoms with Crippen molar-refractivity contribution in [3.63, 3.8) is 0 Å². The first-order valence-corrected chi connectivity index (χ1v) is 12.6. The number of rotatable bonds is 7. The van der Waals surface area contributed by atoms with Crippen molar-refractivity contribution in [2.45, 2.75) is 6.92 Å². The summed E-state index contributed by atoms with van der Waals surface area (Å²) in [6, 6.07) is 17.1. The molecule has 3 N–H and O–H groups in total. The van der Waals surface area contributed by atoms with Crippen LogP contribution in [-0.2, 0) is 4.79 Å². The molecule has 5 rings (SSSR count). The van der Waals surface area contributed by atoms with Crippen LogP contribution in [0.1, 0.15) is 17.3 Å². The molecular weight excluding hydrogens is 490 g/mol. The van der Waals surface area contributed by atoms with Gasteiger partial charge in [0, 0.05) is 79.9 Å². The average molecular weight is 518 g/mol.